The predicted octanol–water partition coefficient (Wildman–Crippen LogP) is 2.87. The molecule has 1 fully saturated rings. The molecule has 1 aliphatic heterocycles. The summed E-state index contributed by atoms with van der Waals surface area (Å²) in [6.07, 6.45) is 2.16. The van der Waals surface area contributed by atoms with E-state index in [1.165, 1.54) is 0 Å². The van der Waals surface area contributed by atoms with Crippen molar-refractivity contribution in [3.05, 3.63) is 46.5 Å². The molecule has 0 aromatic heterocycles. The van der Waals surface area contributed by atoms with Gasteiger partial charge in [0.25, 0.3) is 0 Å². The topological polar surface area (TPSA) is 40.6 Å². The summed E-state index contributed by atoms with van der Waals surface area (Å²) < 4.78 is 0. The molecule has 2 rings (SSSR count). The normalized spacial score (nSPS) is 16.7. The lowest BCUT2D eigenvalue weighted by molar-refractivity contribution is -0.130. The van der Waals surface area contributed by atoms with Gasteiger partial charge in [-0.05, 0) is 25.5 Å². The number of benzene rings is 1. The summed E-state index contributed by atoms with van der Waals surface area (Å²) >= 11 is 6.16. The number of hydrogen-bond donors (Lipinski definition) is 0. The average Bonchev–Trinajstić information content (AvgIpc) is 2.70. The Morgan fingerprint density at radius 3 is 2.68 bits per heavy atom. The number of nitrogens with zero attached hydrogens (tertiary/aromatic N) is 2. The molecule has 0 atom stereocenters. The second-order valence-corrected chi connectivity index (χ2v) is 5.83. The van der Waals surface area contributed by atoms with Crippen LogP contribution < -0.4 is 0 Å². The van der Waals surface area contributed by atoms with E-state index in [1.54, 1.807) is 22.8 Å². The average molecular weight is 321 g/mol. The lowest BCUT2D eigenvalue weighted by atomic mass is 10.2. The highest BCUT2D eigenvalue weighted by atomic mass is 35.5. The van der Waals surface area contributed by atoms with Gasteiger partial charge in [0.15, 0.2) is 0 Å². The maximum atomic E-state index is 12.3. The zero-order chi connectivity index (χ0) is 16.1. The van der Waals surface area contributed by atoms with E-state index < -0.39 is 0 Å². The van der Waals surface area contributed by atoms with Gasteiger partial charge in [-0.15, -0.1) is 0 Å². The van der Waals surface area contributed by atoms with Crippen LogP contribution in [0.2, 0.25) is 5.02 Å². The van der Waals surface area contributed by atoms with E-state index in [2.05, 4.69) is 0 Å². The van der Waals surface area contributed by atoms with Crippen LogP contribution in [0.4, 0.5) is 0 Å². The maximum absolute atomic E-state index is 12.3. The molecule has 2 amide bonds. The molecular weight excluding hydrogens is 300 g/mol. The number of amides is 2. The number of rotatable bonds is 3. The summed E-state index contributed by atoms with van der Waals surface area (Å²) in [6, 6.07) is 7.53. The highest BCUT2D eigenvalue weighted by Crippen LogP contribution is 2.18. The van der Waals surface area contributed by atoms with E-state index in [1.807, 2.05) is 31.2 Å². The minimum Gasteiger partial charge on any atom is -0.337 e. The Balaban J connectivity index is 2.05. The summed E-state index contributed by atoms with van der Waals surface area (Å²) in [5, 5.41) is 0.664. The van der Waals surface area contributed by atoms with Crippen LogP contribution in [0.3, 0.4) is 0 Å². The van der Waals surface area contributed by atoms with Crippen molar-refractivity contribution in [1.82, 2.24) is 9.80 Å². The molecule has 5 heteroatoms. The van der Waals surface area contributed by atoms with Crippen molar-refractivity contribution >= 4 is 23.4 Å². The first-order valence-corrected chi connectivity index (χ1v) is 7.84. The van der Waals surface area contributed by atoms with E-state index in [0.29, 0.717) is 43.2 Å². The first-order chi connectivity index (χ1) is 10.5. The molecule has 0 saturated carbocycles. The third-order valence-corrected chi connectivity index (χ3v) is 4.33. The van der Waals surface area contributed by atoms with Gasteiger partial charge in [-0.25, -0.2) is 0 Å². The van der Waals surface area contributed by atoms with Crippen molar-refractivity contribution in [1.29, 1.82) is 0 Å². The van der Waals surface area contributed by atoms with Crippen LogP contribution in [0, 0.1) is 0 Å². The van der Waals surface area contributed by atoms with Crippen LogP contribution in [0.1, 0.15) is 25.8 Å². The summed E-state index contributed by atoms with van der Waals surface area (Å²) in [5.41, 5.74) is 1.65. The summed E-state index contributed by atoms with van der Waals surface area (Å²) in [4.78, 5) is 28.0. The Kier molecular flexibility index (Phi) is 5.61. The SMILES string of the molecule is CC=C(C)C(=O)N1CCC(=O)N(Cc2ccccc2Cl)CC1. The molecule has 0 bridgehead atoms. The molecule has 1 heterocycles. The monoisotopic (exact) mass is 320 g/mol. The van der Waals surface area contributed by atoms with Crippen LogP contribution in [-0.4, -0.2) is 41.2 Å². The summed E-state index contributed by atoms with van der Waals surface area (Å²) in [7, 11) is 0. The van der Waals surface area contributed by atoms with E-state index in [4.69, 9.17) is 11.6 Å². The van der Waals surface area contributed by atoms with E-state index >= 15 is 0 Å². The van der Waals surface area contributed by atoms with Crippen molar-refractivity contribution in [2.24, 2.45) is 0 Å². The predicted molar refractivity (Wildman–Crippen MR) is 87.5 cm³/mol. The largest absolute Gasteiger partial charge is 0.337 e. The fourth-order valence-electron chi connectivity index (χ4n) is 2.44. The zero-order valence-corrected chi connectivity index (χ0v) is 13.8. The minimum absolute atomic E-state index is 0.00916. The van der Waals surface area contributed by atoms with Crippen molar-refractivity contribution in [2.45, 2.75) is 26.8 Å². The Labute approximate surface area is 136 Å². The first kappa shape index (κ1) is 16.6. The van der Waals surface area contributed by atoms with Gasteiger partial charge in [-0.3, -0.25) is 9.59 Å². The van der Waals surface area contributed by atoms with Gasteiger partial charge >= 0.3 is 0 Å². The lowest BCUT2D eigenvalue weighted by Crippen LogP contribution is -2.36. The van der Waals surface area contributed by atoms with Gasteiger partial charge in [0, 0.05) is 43.2 Å². The third kappa shape index (κ3) is 3.89. The van der Waals surface area contributed by atoms with E-state index in [-0.39, 0.29) is 11.8 Å². The number of halogens is 1. The van der Waals surface area contributed by atoms with Crippen molar-refractivity contribution in [3.8, 4) is 0 Å². The van der Waals surface area contributed by atoms with Gasteiger partial charge in [-0.1, -0.05) is 35.9 Å². The first-order valence-electron chi connectivity index (χ1n) is 7.46. The molecule has 0 unspecified atom stereocenters. The Morgan fingerprint density at radius 1 is 1.27 bits per heavy atom. The van der Waals surface area contributed by atoms with Crippen molar-refractivity contribution < 1.29 is 9.59 Å². The number of carbonyl (C=O) groups excluding carboxylic acids is 2. The number of allylic oxidation sites excluding steroid dienone is 1. The van der Waals surface area contributed by atoms with Gasteiger partial charge in [0.1, 0.15) is 0 Å². The second-order valence-electron chi connectivity index (χ2n) is 5.42. The molecule has 1 aromatic rings. The van der Waals surface area contributed by atoms with Crippen LogP contribution in [-0.2, 0) is 16.1 Å². The van der Waals surface area contributed by atoms with E-state index in [0.717, 1.165) is 5.56 Å². The number of carbonyl (C=O) groups is 2. The summed E-state index contributed by atoms with van der Waals surface area (Å²) in [6.45, 7) is 5.70. The van der Waals surface area contributed by atoms with Crippen LogP contribution in [0.15, 0.2) is 35.9 Å². The molecule has 0 aliphatic carbocycles. The molecule has 118 valence electrons. The third-order valence-electron chi connectivity index (χ3n) is 3.96. The van der Waals surface area contributed by atoms with Crippen LogP contribution >= 0.6 is 11.6 Å². The molecule has 0 spiro atoms. The van der Waals surface area contributed by atoms with Crippen LogP contribution in [0.5, 0.6) is 0 Å². The lowest BCUT2D eigenvalue weighted by Gasteiger charge is -2.23. The molecule has 1 aromatic carbocycles. The van der Waals surface area contributed by atoms with Gasteiger partial charge in [0.2, 0.25) is 11.8 Å². The Bertz CT molecular complexity index is 598. The standard InChI is InChI=1S/C17H21ClN2O2/c1-3-13(2)17(22)19-9-8-16(21)20(11-10-19)12-14-6-4-5-7-15(14)18/h3-7H,8-12H2,1-2H3. The Hall–Kier alpha value is -1.81. The fourth-order valence-corrected chi connectivity index (χ4v) is 2.64. The van der Waals surface area contributed by atoms with Gasteiger partial charge in [0.05, 0.1) is 0 Å². The highest BCUT2D eigenvalue weighted by Gasteiger charge is 2.24. The maximum Gasteiger partial charge on any atom is 0.249 e. The fraction of sp³-hybridized carbons (Fsp3) is 0.412. The molecule has 1 saturated heterocycles. The summed E-state index contributed by atoms with van der Waals surface area (Å²) in [5.74, 6) is 0.0724. The molecule has 1 aliphatic rings. The zero-order valence-electron chi connectivity index (χ0n) is 13.0. The van der Waals surface area contributed by atoms with E-state index in [9.17, 15) is 9.59 Å². The van der Waals surface area contributed by atoms with Crippen molar-refractivity contribution in [3.63, 3.8) is 0 Å². The smallest absolute Gasteiger partial charge is 0.249 e. The molecule has 4 nitrogen and oxygen atoms in total. The molecule has 0 N–H and O–H groups in total. The molecular formula is C17H21ClN2O2. The van der Waals surface area contributed by atoms with Crippen molar-refractivity contribution in [2.75, 3.05) is 19.6 Å². The van der Waals surface area contributed by atoms with Gasteiger partial charge in [-0.2, -0.15) is 0 Å². The van der Waals surface area contributed by atoms with Gasteiger partial charge < -0.3 is 9.80 Å². The highest BCUT2D eigenvalue weighted by molar-refractivity contribution is 6.31. The minimum atomic E-state index is 0.00916. The second kappa shape index (κ2) is 7.45. The quantitative estimate of drug-likeness (QED) is 0.804. The Morgan fingerprint density at radius 2 is 2.00 bits per heavy atom. The van der Waals surface area contributed by atoms with Crippen LogP contribution in [0.25, 0.3) is 0 Å². The molecule has 22 heavy (non-hydrogen) atoms. The number of hydrogen-bond acceptors (Lipinski definition) is 2. The molecule has 0 radical (unpaired) electrons.